The molecule has 0 saturated carbocycles. The van der Waals surface area contributed by atoms with Crippen molar-refractivity contribution < 1.29 is 37.9 Å². The van der Waals surface area contributed by atoms with Gasteiger partial charge in [0.15, 0.2) is 0 Å². The fourth-order valence-electron chi connectivity index (χ4n) is 2.98. The first kappa shape index (κ1) is 23.2. The van der Waals surface area contributed by atoms with Crippen LogP contribution in [-0.2, 0) is 40.0 Å². The Morgan fingerprint density at radius 3 is 2.31 bits per heavy atom. The van der Waals surface area contributed by atoms with E-state index in [4.69, 9.17) is 23.7 Å². The predicted octanol–water partition coefficient (Wildman–Crippen LogP) is 2.90. The van der Waals surface area contributed by atoms with Crippen molar-refractivity contribution in [2.45, 2.75) is 44.2 Å². The molecule has 1 saturated heterocycles. The third-order valence-electron chi connectivity index (χ3n) is 4.23. The number of hydrogen-bond acceptors (Lipinski definition) is 7. The first-order chi connectivity index (χ1) is 14.1. The van der Waals surface area contributed by atoms with Crippen molar-refractivity contribution in [2.75, 3.05) is 19.8 Å². The van der Waals surface area contributed by atoms with Crippen molar-refractivity contribution in [3.8, 4) is 0 Å². The van der Waals surface area contributed by atoms with Crippen molar-refractivity contribution >= 4 is 5.97 Å². The number of halogens is 1. The highest BCUT2D eigenvalue weighted by Gasteiger charge is 2.49. The monoisotopic (exact) mass is 410 g/mol. The molecule has 1 unspecified atom stereocenters. The van der Waals surface area contributed by atoms with E-state index in [0.29, 0.717) is 0 Å². The van der Waals surface area contributed by atoms with Crippen LogP contribution in [0.3, 0.4) is 0 Å². The Balaban J connectivity index is 2.23. The van der Waals surface area contributed by atoms with Crippen LogP contribution >= 0.6 is 0 Å². The summed E-state index contributed by atoms with van der Waals surface area (Å²) >= 11 is 0. The molecule has 1 fully saturated rings. The second-order valence-electron chi connectivity index (χ2n) is 6.37. The molecule has 1 aliphatic rings. The number of hydrogen-bond donors (Lipinski definition) is 0. The number of rotatable bonds is 12. The number of carbonyl (C=O) groups is 1. The van der Waals surface area contributed by atoms with E-state index in [1.807, 2.05) is 30.3 Å². The molecule has 8 heteroatoms. The highest BCUT2D eigenvalue weighted by molar-refractivity contribution is 5.65. The van der Waals surface area contributed by atoms with E-state index in [0.717, 1.165) is 5.56 Å². The summed E-state index contributed by atoms with van der Waals surface area (Å²) in [5.41, 5.74) is 0.887. The number of benzene rings is 1. The molecule has 1 aliphatic heterocycles. The fraction of sp³-hybridized carbons (Fsp3) is 0.476. The molecule has 0 spiro atoms. The van der Waals surface area contributed by atoms with Gasteiger partial charge in [0, 0.05) is 6.92 Å². The zero-order valence-electron chi connectivity index (χ0n) is 16.4. The van der Waals surface area contributed by atoms with E-state index in [1.54, 1.807) is 12.2 Å². The van der Waals surface area contributed by atoms with Gasteiger partial charge in [-0.1, -0.05) is 42.5 Å². The van der Waals surface area contributed by atoms with E-state index in [9.17, 15) is 9.32 Å². The summed E-state index contributed by atoms with van der Waals surface area (Å²) < 4.78 is 41.6. The minimum absolute atomic E-state index is 0.156. The topological polar surface area (TPSA) is 72.5 Å². The first-order valence-corrected chi connectivity index (χ1v) is 9.27. The molecule has 0 aliphatic carbocycles. The molecule has 7 nitrogen and oxygen atoms in total. The summed E-state index contributed by atoms with van der Waals surface area (Å²) in [6.45, 7) is 8.93. The molecule has 1 aromatic carbocycles. The zero-order valence-corrected chi connectivity index (χ0v) is 16.4. The third-order valence-corrected chi connectivity index (χ3v) is 4.23. The summed E-state index contributed by atoms with van der Waals surface area (Å²) in [7, 11) is 0. The summed E-state index contributed by atoms with van der Waals surface area (Å²) in [6.07, 6.45) is -1.54. The summed E-state index contributed by atoms with van der Waals surface area (Å²) in [4.78, 5) is 15.2. The van der Waals surface area contributed by atoms with Gasteiger partial charge in [-0.05, 0) is 10.1 Å². The van der Waals surface area contributed by atoms with E-state index in [2.05, 4.69) is 18.1 Å². The minimum Gasteiger partial charge on any atom is -0.463 e. The van der Waals surface area contributed by atoms with Crippen LogP contribution in [0.15, 0.2) is 55.6 Å². The van der Waals surface area contributed by atoms with Gasteiger partial charge in [0.2, 0.25) is 6.29 Å². The van der Waals surface area contributed by atoms with Crippen LogP contribution in [0, 0.1) is 0 Å². The van der Waals surface area contributed by atoms with Crippen LogP contribution < -0.4 is 0 Å². The molecule has 0 aromatic heterocycles. The Labute approximate surface area is 169 Å². The summed E-state index contributed by atoms with van der Waals surface area (Å²) in [5.74, 6) is -0.500. The number of esters is 1. The molecule has 160 valence electrons. The van der Waals surface area contributed by atoms with Gasteiger partial charge in [0.1, 0.15) is 31.0 Å². The van der Waals surface area contributed by atoms with Gasteiger partial charge in [0.05, 0.1) is 19.8 Å². The molecular formula is C21H27FO7. The van der Waals surface area contributed by atoms with Crippen molar-refractivity contribution in [3.63, 3.8) is 0 Å². The Hall–Kier alpha value is -2.10. The van der Waals surface area contributed by atoms with Crippen LogP contribution in [0.5, 0.6) is 0 Å². The van der Waals surface area contributed by atoms with Crippen LogP contribution in [0.2, 0.25) is 0 Å². The van der Waals surface area contributed by atoms with Gasteiger partial charge < -0.3 is 23.7 Å². The second-order valence-corrected chi connectivity index (χ2v) is 6.37. The first-order valence-electron chi connectivity index (χ1n) is 9.27. The summed E-state index contributed by atoms with van der Waals surface area (Å²) in [6, 6.07) is 9.38. The smallest absolute Gasteiger partial charge is 0.302 e. The average Bonchev–Trinajstić information content (AvgIpc) is 2.74. The van der Waals surface area contributed by atoms with Gasteiger partial charge in [-0.25, -0.2) is 0 Å². The van der Waals surface area contributed by atoms with Crippen molar-refractivity contribution in [3.05, 3.63) is 61.2 Å². The average molecular weight is 410 g/mol. The number of ether oxygens (including phenoxy) is 5. The fourth-order valence-corrected chi connectivity index (χ4v) is 2.98. The van der Waals surface area contributed by atoms with Gasteiger partial charge >= 0.3 is 5.97 Å². The van der Waals surface area contributed by atoms with Gasteiger partial charge in [-0.15, -0.1) is 13.2 Å². The number of carbonyl (C=O) groups excluding carboxylic acids is 1. The van der Waals surface area contributed by atoms with Crippen LogP contribution in [0.25, 0.3) is 0 Å². The highest BCUT2D eigenvalue weighted by atomic mass is 19.3. The van der Waals surface area contributed by atoms with E-state index < -0.39 is 36.7 Å². The van der Waals surface area contributed by atoms with Crippen molar-refractivity contribution in [2.24, 2.45) is 0 Å². The molecule has 29 heavy (non-hydrogen) atoms. The Morgan fingerprint density at radius 2 is 1.72 bits per heavy atom. The van der Waals surface area contributed by atoms with Gasteiger partial charge in [0.25, 0.3) is 0 Å². The molecule has 0 N–H and O–H groups in total. The molecule has 1 heterocycles. The molecule has 0 amide bonds. The predicted molar refractivity (Wildman–Crippen MR) is 102 cm³/mol. The standard InChI is InChI=1S/C21H27FO7/c1-4-11-24-18-17(14-26-15(3)23)28-21(29-22)20(19(18)25-12-5-2)27-13-16-9-7-6-8-10-16/h4-10,17-21H,1-2,11-14H2,3H3/t17-,18-,19+,20-,21?/m1/s1. The van der Waals surface area contributed by atoms with Crippen LogP contribution in [0.4, 0.5) is 4.53 Å². The largest absolute Gasteiger partial charge is 0.463 e. The lowest BCUT2D eigenvalue weighted by Crippen LogP contribution is -2.61. The Bertz CT molecular complexity index is 639. The SMILES string of the molecule is C=CCO[C@H]1[C@H](OCC=C)[C@@H](OCc2ccccc2)C(OF)O[C@@H]1COC(C)=O. The van der Waals surface area contributed by atoms with Gasteiger partial charge in [-0.3, -0.25) is 4.79 Å². The molecule has 1 aromatic rings. The van der Waals surface area contributed by atoms with Crippen molar-refractivity contribution in [1.82, 2.24) is 0 Å². The van der Waals surface area contributed by atoms with Crippen LogP contribution in [0.1, 0.15) is 12.5 Å². The normalized spacial score (nSPS) is 26.6. The Kier molecular flexibility index (Phi) is 9.96. The van der Waals surface area contributed by atoms with Crippen LogP contribution in [-0.4, -0.2) is 56.5 Å². The molecular weight excluding hydrogens is 383 g/mol. The highest BCUT2D eigenvalue weighted by Crippen LogP contribution is 2.30. The Morgan fingerprint density at radius 1 is 1.07 bits per heavy atom. The maximum atomic E-state index is 13.4. The minimum atomic E-state index is -1.39. The lowest BCUT2D eigenvalue weighted by Gasteiger charge is -2.44. The maximum Gasteiger partial charge on any atom is 0.302 e. The van der Waals surface area contributed by atoms with E-state index in [1.165, 1.54) is 6.92 Å². The van der Waals surface area contributed by atoms with Gasteiger partial charge in [-0.2, -0.15) is 4.94 Å². The lowest BCUT2D eigenvalue weighted by atomic mass is 9.98. The lowest BCUT2D eigenvalue weighted by molar-refractivity contribution is -0.374. The molecule has 5 atom stereocenters. The summed E-state index contributed by atoms with van der Waals surface area (Å²) in [5, 5.41) is 0. The molecule has 0 radical (unpaired) electrons. The van der Waals surface area contributed by atoms with E-state index in [-0.39, 0.29) is 26.4 Å². The third kappa shape index (κ3) is 7.02. The second kappa shape index (κ2) is 12.5. The maximum absolute atomic E-state index is 13.4. The zero-order chi connectivity index (χ0) is 21.1. The molecule has 0 bridgehead atoms. The molecule has 2 rings (SSSR count). The quantitative estimate of drug-likeness (QED) is 0.388. The van der Waals surface area contributed by atoms with E-state index >= 15 is 0 Å². The van der Waals surface area contributed by atoms with Crippen molar-refractivity contribution in [1.29, 1.82) is 0 Å².